The van der Waals surface area contributed by atoms with Gasteiger partial charge in [-0.05, 0) is 18.1 Å². The first-order valence-electron chi connectivity index (χ1n) is 9.26. The summed E-state index contributed by atoms with van der Waals surface area (Å²) in [5, 5.41) is 4.74. The number of halogens is 1. The van der Waals surface area contributed by atoms with Crippen molar-refractivity contribution in [2.45, 2.75) is 39.3 Å². The second-order valence-corrected chi connectivity index (χ2v) is 7.22. The van der Waals surface area contributed by atoms with Gasteiger partial charge in [0.25, 0.3) is 0 Å². The highest BCUT2D eigenvalue weighted by atomic mass is 35.5. The van der Waals surface area contributed by atoms with Gasteiger partial charge < -0.3 is 9.47 Å². The van der Waals surface area contributed by atoms with Crippen LogP contribution in [0.4, 0.5) is 0 Å². The fraction of sp³-hybridized carbons (Fsp3) is 0.350. The highest BCUT2D eigenvalue weighted by Gasteiger charge is 2.25. The average Bonchev–Trinajstić information content (AvgIpc) is 3.08. The SMILES string of the molecule is C=C1NN=CC(N2CCc3c(ncn3Cc3cccnc3CCC)C2)=C1Cl. The molecule has 27 heavy (non-hydrogen) atoms. The molecule has 4 rings (SSSR count). The van der Waals surface area contributed by atoms with Gasteiger partial charge in [-0.3, -0.25) is 10.4 Å². The molecule has 0 amide bonds. The molecule has 0 radical (unpaired) electrons. The molecule has 4 heterocycles. The van der Waals surface area contributed by atoms with Gasteiger partial charge in [0.15, 0.2) is 0 Å². The molecule has 0 atom stereocenters. The molecular formula is C20H23ClN6. The maximum Gasteiger partial charge on any atom is 0.0955 e. The largest absolute Gasteiger partial charge is 0.363 e. The third-order valence-electron chi connectivity index (χ3n) is 5.02. The number of hydrazone groups is 1. The van der Waals surface area contributed by atoms with Crippen LogP contribution in [0.25, 0.3) is 0 Å². The fourth-order valence-electron chi connectivity index (χ4n) is 3.62. The number of aryl methyl sites for hydroxylation is 1. The Balaban J connectivity index is 1.55. The molecule has 0 fully saturated rings. The monoisotopic (exact) mass is 382 g/mol. The molecule has 2 aliphatic rings. The summed E-state index contributed by atoms with van der Waals surface area (Å²) in [4.78, 5) is 11.4. The Morgan fingerprint density at radius 3 is 3.07 bits per heavy atom. The van der Waals surface area contributed by atoms with Crippen LogP contribution < -0.4 is 5.43 Å². The van der Waals surface area contributed by atoms with Crippen molar-refractivity contribution in [3.05, 3.63) is 70.3 Å². The van der Waals surface area contributed by atoms with Crippen molar-refractivity contribution in [1.82, 2.24) is 24.9 Å². The van der Waals surface area contributed by atoms with Crippen LogP contribution in [0.3, 0.4) is 0 Å². The van der Waals surface area contributed by atoms with Crippen LogP contribution in [0, 0.1) is 0 Å². The predicted molar refractivity (Wildman–Crippen MR) is 107 cm³/mol. The van der Waals surface area contributed by atoms with Crippen molar-refractivity contribution in [1.29, 1.82) is 0 Å². The second kappa shape index (κ2) is 7.56. The minimum atomic E-state index is 0.618. The molecule has 140 valence electrons. The third kappa shape index (κ3) is 3.49. The first-order valence-corrected chi connectivity index (χ1v) is 9.64. The molecule has 0 aromatic carbocycles. The van der Waals surface area contributed by atoms with Crippen LogP contribution in [0.5, 0.6) is 0 Å². The summed E-state index contributed by atoms with van der Waals surface area (Å²) in [7, 11) is 0. The lowest BCUT2D eigenvalue weighted by molar-refractivity contribution is 0.328. The molecule has 0 bridgehead atoms. The number of hydrogen-bond donors (Lipinski definition) is 1. The standard InChI is InChI=1S/C20H23ClN6/c1-3-5-16-15(6-4-8-22-16)11-27-13-23-17-12-26(9-7-18(17)27)19-10-24-25-14(2)20(19)21/h4,6,8,10,13,25H,2-3,5,7,9,11-12H2,1H3. The van der Waals surface area contributed by atoms with E-state index < -0.39 is 0 Å². The van der Waals surface area contributed by atoms with E-state index in [9.17, 15) is 0 Å². The van der Waals surface area contributed by atoms with Gasteiger partial charge >= 0.3 is 0 Å². The molecule has 7 heteroatoms. The van der Waals surface area contributed by atoms with Crippen LogP contribution >= 0.6 is 11.6 Å². The number of nitrogens with zero attached hydrogens (tertiary/aromatic N) is 5. The van der Waals surface area contributed by atoms with E-state index in [2.05, 4.69) is 49.5 Å². The number of allylic oxidation sites excluding steroid dienone is 2. The van der Waals surface area contributed by atoms with Crippen LogP contribution in [-0.4, -0.2) is 32.2 Å². The minimum Gasteiger partial charge on any atom is -0.363 e. The van der Waals surface area contributed by atoms with E-state index in [1.54, 1.807) is 6.21 Å². The van der Waals surface area contributed by atoms with E-state index in [0.717, 1.165) is 50.3 Å². The van der Waals surface area contributed by atoms with Gasteiger partial charge in [-0.2, -0.15) is 5.10 Å². The van der Waals surface area contributed by atoms with Crippen LogP contribution in [0.1, 0.15) is 36.0 Å². The summed E-state index contributed by atoms with van der Waals surface area (Å²) < 4.78 is 2.26. The Hall–Kier alpha value is -2.60. The Labute approximate surface area is 164 Å². The fourth-order valence-corrected chi connectivity index (χ4v) is 3.84. The zero-order valence-corrected chi connectivity index (χ0v) is 16.2. The van der Waals surface area contributed by atoms with Crippen molar-refractivity contribution >= 4 is 17.8 Å². The minimum absolute atomic E-state index is 0.618. The van der Waals surface area contributed by atoms with Crippen LogP contribution in [0.2, 0.25) is 0 Å². The number of imidazole rings is 1. The number of nitrogens with one attached hydrogen (secondary N) is 1. The molecule has 2 aliphatic heterocycles. The summed E-state index contributed by atoms with van der Waals surface area (Å²) >= 11 is 6.41. The summed E-state index contributed by atoms with van der Waals surface area (Å²) in [5.41, 5.74) is 9.17. The van der Waals surface area contributed by atoms with E-state index in [0.29, 0.717) is 10.7 Å². The summed E-state index contributed by atoms with van der Waals surface area (Å²) in [6, 6.07) is 4.18. The lowest BCUT2D eigenvalue weighted by Crippen LogP contribution is -2.33. The number of pyridine rings is 1. The molecule has 0 saturated heterocycles. The van der Waals surface area contributed by atoms with Gasteiger partial charge in [-0.25, -0.2) is 4.98 Å². The molecule has 0 aliphatic carbocycles. The average molecular weight is 383 g/mol. The second-order valence-electron chi connectivity index (χ2n) is 6.84. The van der Waals surface area contributed by atoms with Crippen LogP contribution in [-0.2, 0) is 25.9 Å². The van der Waals surface area contributed by atoms with Crippen LogP contribution in [0.15, 0.2) is 52.8 Å². The summed E-state index contributed by atoms with van der Waals surface area (Å²) in [6.07, 6.45) is 8.60. The zero-order chi connectivity index (χ0) is 18.8. The van der Waals surface area contributed by atoms with Gasteiger partial charge in [-0.1, -0.05) is 37.6 Å². The first-order chi connectivity index (χ1) is 13.2. The first kappa shape index (κ1) is 17.8. The van der Waals surface area contributed by atoms with E-state index in [1.165, 1.54) is 17.0 Å². The van der Waals surface area contributed by atoms with E-state index in [1.807, 2.05) is 18.6 Å². The Kier molecular flexibility index (Phi) is 4.99. The number of rotatable bonds is 5. The highest BCUT2D eigenvalue weighted by molar-refractivity contribution is 6.33. The lowest BCUT2D eigenvalue weighted by atomic mass is 10.1. The lowest BCUT2D eigenvalue weighted by Gasteiger charge is -2.31. The van der Waals surface area contributed by atoms with Crippen molar-refractivity contribution in [3.8, 4) is 0 Å². The molecule has 2 aromatic rings. The molecule has 2 aromatic heterocycles. The van der Waals surface area contributed by atoms with Gasteiger partial charge in [0.05, 0.1) is 47.8 Å². The highest BCUT2D eigenvalue weighted by Crippen LogP contribution is 2.27. The topological polar surface area (TPSA) is 58.3 Å². The van der Waals surface area contributed by atoms with Gasteiger partial charge in [0.1, 0.15) is 0 Å². The van der Waals surface area contributed by atoms with Gasteiger partial charge in [0, 0.05) is 30.6 Å². The Morgan fingerprint density at radius 2 is 2.22 bits per heavy atom. The predicted octanol–water partition coefficient (Wildman–Crippen LogP) is 3.19. The summed E-state index contributed by atoms with van der Waals surface area (Å²) in [5.74, 6) is 0. The number of fused-ring (bicyclic) bond motifs is 1. The van der Waals surface area contributed by atoms with Crippen molar-refractivity contribution in [2.24, 2.45) is 5.10 Å². The van der Waals surface area contributed by atoms with Gasteiger partial charge in [-0.15, -0.1) is 0 Å². The number of hydrogen-bond acceptors (Lipinski definition) is 5. The molecule has 0 saturated carbocycles. The van der Waals surface area contributed by atoms with E-state index >= 15 is 0 Å². The van der Waals surface area contributed by atoms with E-state index in [4.69, 9.17) is 11.6 Å². The maximum absolute atomic E-state index is 6.41. The normalized spacial score (nSPS) is 16.5. The van der Waals surface area contributed by atoms with Crippen molar-refractivity contribution in [2.75, 3.05) is 6.54 Å². The van der Waals surface area contributed by atoms with E-state index in [-0.39, 0.29) is 0 Å². The molecule has 0 spiro atoms. The summed E-state index contributed by atoms with van der Waals surface area (Å²) in [6.45, 7) is 8.49. The van der Waals surface area contributed by atoms with Crippen molar-refractivity contribution in [3.63, 3.8) is 0 Å². The zero-order valence-electron chi connectivity index (χ0n) is 15.5. The third-order valence-corrected chi connectivity index (χ3v) is 5.44. The molecular weight excluding hydrogens is 360 g/mol. The molecule has 1 N–H and O–H groups in total. The maximum atomic E-state index is 6.41. The van der Waals surface area contributed by atoms with Crippen molar-refractivity contribution < 1.29 is 0 Å². The number of aromatic nitrogens is 3. The smallest absolute Gasteiger partial charge is 0.0955 e. The quantitative estimate of drug-likeness (QED) is 0.862. The molecule has 6 nitrogen and oxygen atoms in total. The Bertz CT molecular complexity index is 926. The Morgan fingerprint density at radius 1 is 1.33 bits per heavy atom. The van der Waals surface area contributed by atoms with Gasteiger partial charge in [0.2, 0.25) is 0 Å². The molecule has 0 unspecified atom stereocenters.